The number of piperazine rings is 1. The van der Waals surface area contributed by atoms with Crippen molar-refractivity contribution in [3.05, 3.63) is 47.8 Å². The van der Waals surface area contributed by atoms with Gasteiger partial charge in [-0.25, -0.2) is 22.8 Å². The molecule has 0 aliphatic carbocycles. The van der Waals surface area contributed by atoms with Crippen LogP contribution in [-0.4, -0.2) is 60.5 Å². The van der Waals surface area contributed by atoms with Gasteiger partial charge in [-0.2, -0.15) is 4.98 Å². The van der Waals surface area contributed by atoms with Crippen molar-refractivity contribution in [2.24, 2.45) is 0 Å². The second kappa shape index (κ2) is 9.53. The van der Waals surface area contributed by atoms with Crippen molar-refractivity contribution >= 4 is 21.8 Å². The number of sulfone groups is 1. The Kier molecular flexibility index (Phi) is 6.69. The highest BCUT2D eigenvalue weighted by atomic mass is 32.2. The quantitative estimate of drug-likeness (QED) is 0.490. The van der Waals surface area contributed by atoms with Crippen molar-refractivity contribution in [1.82, 2.24) is 20.1 Å². The summed E-state index contributed by atoms with van der Waals surface area (Å²) in [5, 5.41) is 4.03. The van der Waals surface area contributed by atoms with Crippen molar-refractivity contribution < 1.29 is 22.1 Å². The van der Waals surface area contributed by atoms with Gasteiger partial charge in [0.05, 0.1) is 17.3 Å². The van der Waals surface area contributed by atoms with Gasteiger partial charge in [0, 0.05) is 43.4 Å². The van der Waals surface area contributed by atoms with Crippen LogP contribution in [0.3, 0.4) is 0 Å². The van der Waals surface area contributed by atoms with E-state index in [2.05, 4.69) is 36.8 Å². The molecule has 3 heterocycles. The van der Waals surface area contributed by atoms with E-state index in [9.17, 15) is 12.8 Å². The summed E-state index contributed by atoms with van der Waals surface area (Å²) in [6, 6.07) is 4.38. The van der Waals surface area contributed by atoms with Gasteiger partial charge in [-0.05, 0) is 19.1 Å². The van der Waals surface area contributed by atoms with Gasteiger partial charge in [0.15, 0.2) is 21.4 Å². The molecule has 1 aliphatic rings. The van der Waals surface area contributed by atoms with Crippen molar-refractivity contribution in [3.8, 4) is 5.75 Å². The van der Waals surface area contributed by atoms with E-state index >= 15 is 0 Å². The standard InChI is InChI=1S/C22H27FN6O4S/c1-14(2)20-26-22(33-27-20)28-7-8-29(15(3)12-28)21-24-10-17(11-25-21)32-13-16-5-6-18(9-19(16)23)34(4,30)31/h5-6,9-11,14-15H,7-8,12-13H2,1-4H3/t15-/m1/s1. The third kappa shape index (κ3) is 5.27. The van der Waals surface area contributed by atoms with Crippen molar-refractivity contribution in [3.63, 3.8) is 0 Å². The molecule has 0 radical (unpaired) electrons. The number of halogens is 1. The summed E-state index contributed by atoms with van der Waals surface area (Å²) >= 11 is 0. The highest BCUT2D eigenvalue weighted by Crippen LogP contribution is 2.23. The molecule has 1 saturated heterocycles. The van der Waals surface area contributed by atoms with E-state index in [0.29, 0.717) is 43.2 Å². The van der Waals surface area contributed by atoms with Crippen LogP contribution in [0.15, 0.2) is 40.0 Å². The lowest BCUT2D eigenvalue weighted by molar-refractivity contribution is 0.297. The fourth-order valence-corrected chi connectivity index (χ4v) is 4.22. The van der Waals surface area contributed by atoms with Crippen LogP contribution >= 0.6 is 0 Å². The number of ether oxygens (including phenoxy) is 1. The van der Waals surface area contributed by atoms with E-state index < -0.39 is 15.7 Å². The molecule has 1 atom stereocenters. The number of hydrogen-bond acceptors (Lipinski definition) is 10. The maximum absolute atomic E-state index is 14.2. The Bertz CT molecular complexity index is 1250. The van der Waals surface area contributed by atoms with Gasteiger partial charge in [0.2, 0.25) is 5.95 Å². The van der Waals surface area contributed by atoms with E-state index in [1.165, 1.54) is 24.5 Å². The van der Waals surface area contributed by atoms with Crippen LogP contribution in [0.1, 0.15) is 38.1 Å². The van der Waals surface area contributed by atoms with Crippen LogP contribution < -0.4 is 14.5 Å². The van der Waals surface area contributed by atoms with Crippen LogP contribution in [0.4, 0.5) is 16.4 Å². The van der Waals surface area contributed by atoms with E-state index in [-0.39, 0.29) is 29.0 Å². The smallest absolute Gasteiger partial charge is 0.324 e. The maximum atomic E-state index is 14.2. The molecule has 2 aromatic heterocycles. The van der Waals surface area contributed by atoms with Crippen LogP contribution in [0.2, 0.25) is 0 Å². The van der Waals surface area contributed by atoms with Gasteiger partial charge in [-0.3, -0.25) is 0 Å². The number of nitrogens with zero attached hydrogens (tertiary/aromatic N) is 6. The van der Waals surface area contributed by atoms with Crippen molar-refractivity contribution in [2.75, 3.05) is 35.7 Å². The first-order valence-electron chi connectivity index (χ1n) is 10.9. The van der Waals surface area contributed by atoms with Crippen LogP contribution in [0.25, 0.3) is 0 Å². The fraction of sp³-hybridized carbons (Fsp3) is 0.455. The zero-order valence-corrected chi connectivity index (χ0v) is 20.3. The third-order valence-electron chi connectivity index (χ3n) is 5.56. The van der Waals surface area contributed by atoms with E-state index in [4.69, 9.17) is 9.26 Å². The summed E-state index contributed by atoms with van der Waals surface area (Å²) in [7, 11) is -3.47. The molecule has 0 unspecified atom stereocenters. The molecule has 1 aromatic carbocycles. The second-order valence-corrected chi connectivity index (χ2v) is 10.6. The topological polar surface area (TPSA) is 115 Å². The van der Waals surface area contributed by atoms with Gasteiger partial charge in [0.1, 0.15) is 12.4 Å². The Balaban J connectivity index is 1.35. The van der Waals surface area contributed by atoms with Gasteiger partial charge >= 0.3 is 6.01 Å². The third-order valence-corrected chi connectivity index (χ3v) is 6.67. The maximum Gasteiger partial charge on any atom is 0.324 e. The molecule has 34 heavy (non-hydrogen) atoms. The van der Waals surface area contributed by atoms with Crippen LogP contribution in [-0.2, 0) is 16.4 Å². The molecule has 10 nitrogen and oxygen atoms in total. The average molecular weight is 491 g/mol. The average Bonchev–Trinajstić information content (AvgIpc) is 3.29. The zero-order valence-electron chi connectivity index (χ0n) is 19.5. The minimum absolute atomic E-state index is 0.0732. The fourth-order valence-electron chi connectivity index (χ4n) is 3.59. The number of benzene rings is 1. The van der Waals surface area contributed by atoms with Crippen LogP contribution in [0, 0.1) is 5.82 Å². The van der Waals surface area contributed by atoms with E-state index in [1.807, 2.05) is 13.8 Å². The van der Waals surface area contributed by atoms with Gasteiger partial charge < -0.3 is 19.1 Å². The SMILES string of the molecule is CC(C)c1noc(N2CCN(c3ncc(OCc4ccc(S(C)(=O)=O)cc4F)cn3)[C@H](C)C2)n1. The Morgan fingerprint density at radius 2 is 1.97 bits per heavy atom. The number of aromatic nitrogens is 4. The highest BCUT2D eigenvalue weighted by Gasteiger charge is 2.28. The predicted molar refractivity (Wildman–Crippen MR) is 123 cm³/mol. The zero-order chi connectivity index (χ0) is 24.5. The lowest BCUT2D eigenvalue weighted by Gasteiger charge is -2.38. The van der Waals surface area contributed by atoms with Gasteiger partial charge in [0.25, 0.3) is 0 Å². The minimum atomic E-state index is -3.47. The Morgan fingerprint density at radius 1 is 1.24 bits per heavy atom. The van der Waals surface area contributed by atoms with Crippen LogP contribution in [0.5, 0.6) is 5.75 Å². The molecule has 0 saturated carbocycles. The summed E-state index contributed by atoms with van der Waals surface area (Å²) < 4.78 is 48.3. The summed E-state index contributed by atoms with van der Waals surface area (Å²) in [4.78, 5) is 17.4. The summed E-state index contributed by atoms with van der Waals surface area (Å²) in [5.41, 5.74) is 0.239. The largest absolute Gasteiger partial charge is 0.486 e. The Hall–Kier alpha value is -3.28. The predicted octanol–water partition coefficient (Wildman–Crippen LogP) is 2.82. The first-order chi connectivity index (χ1) is 16.1. The Labute approximate surface area is 197 Å². The minimum Gasteiger partial charge on any atom is -0.486 e. The summed E-state index contributed by atoms with van der Waals surface area (Å²) in [6.07, 6.45) is 4.11. The monoisotopic (exact) mass is 490 g/mol. The molecule has 3 aromatic rings. The molecule has 12 heteroatoms. The van der Waals surface area contributed by atoms with E-state index in [0.717, 1.165) is 12.3 Å². The number of hydrogen-bond donors (Lipinski definition) is 0. The lowest BCUT2D eigenvalue weighted by atomic mass is 10.2. The molecule has 1 fully saturated rings. The normalized spacial score (nSPS) is 16.8. The lowest BCUT2D eigenvalue weighted by Crippen LogP contribution is -2.52. The highest BCUT2D eigenvalue weighted by molar-refractivity contribution is 7.90. The summed E-state index contributed by atoms with van der Waals surface area (Å²) in [6.45, 7) is 8.09. The molecule has 4 rings (SSSR count). The van der Waals surface area contributed by atoms with E-state index in [1.54, 1.807) is 0 Å². The molecule has 0 N–H and O–H groups in total. The number of rotatable bonds is 7. The molecule has 0 spiro atoms. The van der Waals surface area contributed by atoms with Crippen molar-refractivity contribution in [2.45, 2.75) is 44.2 Å². The Morgan fingerprint density at radius 3 is 2.56 bits per heavy atom. The molecule has 1 aliphatic heterocycles. The summed E-state index contributed by atoms with van der Waals surface area (Å²) in [5.74, 6) is 1.20. The van der Waals surface area contributed by atoms with Gasteiger partial charge in [-0.1, -0.05) is 25.1 Å². The molecular formula is C22H27FN6O4S. The molecule has 0 amide bonds. The second-order valence-electron chi connectivity index (χ2n) is 8.61. The number of anilines is 2. The first kappa shape index (κ1) is 23.9. The van der Waals surface area contributed by atoms with Crippen molar-refractivity contribution in [1.29, 1.82) is 0 Å². The first-order valence-corrected chi connectivity index (χ1v) is 12.8. The molecule has 0 bridgehead atoms. The molecule has 182 valence electrons. The molecular weight excluding hydrogens is 463 g/mol. The van der Waals surface area contributed by atoms with Gasteiger partial charge in [-0.15, -0.1) is 0 Å².